The number of carbonyl (C=O) groups excluding carboxylic acids is 1. The zero-order valence-corrected chi connectivity index (χ0v) is 13.4. The monoisotopic (exact) mass is 354 g/mol. The smallest absolute Gasteiger partial charge is 0.283 e. The van der Waals surface area contributed by atoms with Gasteiger partial charge in [0.2, 0.25) is 5.91 Å². The van der Waals surface area contributed by atoms with Crippen LogP contribution in [-0.2, 0) is 11.3 Å². The lowest BCUT2D eigenvalue weighted by Gasteiger charge is -2.10. The number of halogens is 1. The summed E-state index contributed by atoms with van der Waals surface area (Å²) < 4.78 is 2.02. The molecule has 6 nitrogen and oxygen atoms in total. The zero-order chi connectivity index (χ0) is 14.8. The summed E-state index contributed by atoms with van der Waals surface area (Å²) in [5.41, 5.74) is 0.571. The van der Waals surface area contributed by atoms with Gasteiger partial charge in [-0.1, -0.05) is 0 Å². The number of rotatable bonds is 7. The van der Waals surface area contributed by atoms with Gasteiger partial charge in [-0.2, -0.15) is 5.10 Å². The number of carbonyl (C=O) groups is 1. The van der Waals surface area contributed by atoms with Crippen LogP contribution in [0.4, 0.5) is 5.69 Å². The third-order valence-corrected chi connectivity index (χ3v) is 4.57. The van der Waals surface area contributed by atoms with Gasteiger partial charge in [0.1, 0.15) is 4.47 Å². The minimum absolute atomic E-state index is 0.103. The molecule has 2 aliphatic carbocycles. The summed E-state index contributed by atoms with van der Waals surface area (Å²) in [4.78, 5) is 23.6. The molecular formula is C14H19BrN4O2. The molecule has 2 N–H and O–H groups in total. The highest BCUT2D eigenvalue weighted by atomic mass is 79.9. The van der Waals surface area contributed by atoms with Crippen LogP contribution in [0.1, 0.15) is 25.7 Å². The largest absolute Gasteiger partial charge is 0.381 e. The normalized spacial score (nSPS) is 17.6. The van der Waals surface area contributed by atoms with Crippen molar-refractivity contribution in [2.75, 3.05) is 18.4 Å². The average Bonchev–Trinajstić information content (AvgIpc) is 3.35. The minimum atomic E-state index is -0.103. The van der Waals surface area contributed by atoms with Gasteiger partial charge in [0.05, 0.1) is 11.9 Å². The first kappa shape index (κ1) is 14.6. The van der Waals surface area contributed by atoms with Gasteiger partial charge in [0.25, 0.3) is 5.56 Å². The van der Waals surface area contributed by atoms with Crippen LogP contribution in [0, 0.1) is 11.8 Å². The molecule has 0 bridgehead atoms. The first-order chi connectivity index (χ1) is 10.1. The standard InChI is InChI=1S/C14H19BrN4O2/c15-12-11(16-5-6-17-13(20)10-3-4-10)7-18-19(14(12)21)8-9-1-2-9/h7,9-10,16H,1-6,8H2,(H,17,20). The van der Waals surface area contributed by atoms with Crippen molar-refractivity contribution in [3.05, 3.63) is 21.0 Å². The first-order valence-electron chi connectivity index (χ1n) is 7.42. The summed E-state index contributed by atoms with van der Waals surface area (Å²) in [5.74, 6) is 0.970. The highest BCUT2D eigenvalue weighted by molar-refractivity contribution is 9.10. The molecule has 0 unspecified atom stereocenters. The Labute approximate surface area is 131 Å². The maximum atomic E-state index is 12.1. The molecule has 2 saturated carbocycles. The predicted molar refractivity (Wildman–Crippen MR) is 83.1 cm³/mol. The fourth-order valence-electron chi connectivity index (χ4n) is 2.14. The molecule has 1 aromatic heterocycles. The van der Waals surface area contributed by atoms with Gasteiger partial charge in [0, 0.05) is 25.6 Å². The molecule has 1 aromatic rings. The molecule has 0 saturated heterocycles. The Bertz CT molecular complexity index is 593. The van der Waals surface area contributed by atoms with Crippen LogP contribution in [0.15, 0.2) is 15.5 Å². The highest BCUT2D eigenvalue weighted by Gasteiger charge is 2.29. The van der Waals surface area contributed by atoms with Crippen LogP contribution >= 0.6 is 15.9 Å². The van der Waals surface area contributed by atoms with E-state index in [4.69, 9.17) is 0 Å². The van der Waals surface area contributed by atoms with Crippen molar-refractivity contribution in [3.8, 4) is 0 Å². The lowest BCUT2D eigenvalue weighted by atomic mass is 10.4. The highest BCUT2D eigenvalue weighted by Crippen LogP contribution is 2.30. The molecule has 3 rings (SSSR count). The van der Waals surface area contributed by atoms with Crippen LogP contribution in [0.3, 0.4) is 0 Å². The van der Waals surface area contributed by atoms with Crippen LogP contribution in [0.5, 0.6) is 0 Å². The van der Waals surface area contributed by atoms with Crippen LogP contribution in [0.2, 0.25) is 0 Å². The molecule has 0 radical (unpaired) electrons. The van der Waals surface area contributed by atoms with Gasteiger partial charge in [0.15, 0.2) is 0 Å². The number of amides is 1. The summed E-state index contributed by atoms with van der Waals surface area (Å²) >= 11 is 3.33. The Morgan fingerprint density at radius 3 is 2.76 bits per heavy atom. The third-order valence-electron chi connectivity index (χ3n) is 3.80. The second-order valence-electron chi connectivity index (χ2n) is 5.79. The summed E-state index contributed by atoms with van der Waals surface area (Å²) in [6.07, 6.45) is 6.05. The quantitative estimate of drug-likeness (QED) is 0.724. The van der Waals surface area contributed by atoms with Crippen molar-refractivity contribution in [2.45, 2.75) is 32.2 Å². The number of hydrogen-bond donors (Lipinski definition) is 2. The van der Waals surface area contributed by atoms with E-state index < -0.39 is 0 Å². The molecule has 2 aliphatic rings. The van der Waals surface area contributed by atoms with Gasteiger partial charge in [-0.15, -0.1) is 0 Å². The summed E-state index contributed by atoms with van der Waals surface area (Å²) in [5, 5.41) is 10.2. The molecule has 2 fully saturated rings. The first-order valence-corrected chi connectivity index (χ1v) is 8.21. The molecule has 0 aliphatic heterocycles. The number of hydrogen-bond acceptors (Lipinski definition) is 4. The molecule has 1 amide bonds. The predicted octanol–water partition coefficient (Wildman–Crippen LogP) is 1.35. The van der Waals surface area contributed by atoms with Crippen molar-refractivity contribution in [3.63, 3.8) is 0 Å². The summed E-state index contributed by atoms with van der Waals surface area (Å²) in [6.45, 7) is 1.83. The van der Waals surface area contributed by atoms with Gasteiger partial charge in [-0.3, -0.25) is 9.59 Å². The maximum Gasteiger partial charge on any atom is 0.283 e. The topological polar surface area (TPSA) is 76.0 Å². The van der Waals surface area contributed by atoms with E-state index in [1.54, 1.807) is 6.20 Å². The fourth-order valence-corrected chi connectivity index (χ4v) is 2.58. The minimum Gasteiger partial charge on any atom is -0.381 e. The van der Waals surface area contributed by atoms with E-state index in [1.165, 1.54) is 17.5 Å². The van der Waals surface area contributed by atoms with E-state index in [1.807, 2.05) is 0 Å². The second-order valence-corrected chi connectivity index (χ2v) is 6.59. The number of aromatic nitrogens is 2. The van der Waals surface area contributed by atoms with Gasteiger partial charge >= 0.3 is 0 Å². The number of anilines is 1. The molecule has 0 atom stereocenters. The Balaban J connectivity index is 1.51. The van der Waals surface area contributed by atoms with Crippen molar-refractivity contribution < 1.29 is 4.79 Å². The summed E-state index contributed by atoms with van der Waals surface area (Å²) in [7, 11) is 0. The fraction of sp³-hybridized carbons (Fsp3) is 0.643. The Kier molecular flexibility index (Phi) is 4.28. The number of nitrogens with one attached hydrogen (secondary N) is 2. The van der Waals surface area contributed by atoms with Crippen LogP contribution < -0.4 is 16.2 Å². The Hall–Kier alpha value is -1.37. The number of nitrogens with zero attached hydrogens (tertiary/aromatic N) is 2. The molecule has 21 heavy (non-hydrogen) atoms. The van der Waals surface area contributed by atoms with Crippen LogP contribution in [-0.4, -0.2) is 28.8 Å². The Morgan fingerprint density at radius 1 is 1.33 bits per heavy atom. The molecule has 1 heterocycles. The lowest BCUT2D eigenvalue weighted by molar-refractivity contribution is -0.122. The van der Waals surface area contributed by atoms with Crippen LogP contribution in [0.25, 0.3) is 0 Å². The van der Waals surface area contributed by atoms with E-state index in [-0.39, 0.29) is 17.4 Å². The van der Waals surface area contributed by atoms with Crippen molar-refractivity contribution in [1.82, 2.24) is 15.1 Å². The van der Waals surface area contributed by atoms with E-state index >= 15 is 0 Å². The molecule has 114 valence electrons. The second kappa shape index (κ2) is 6.17. The van der Waals surface area contributed by atoms with Gasteiger partial charge in [-0.25, -0.2) is 4.68 Å². The van der Waals surface area contributed by atoms with Crippen molar-refractivity contribution >= 4 is 27.5 Å². The molecule has 7 heteroatoms. The summed E-state index contributed by atoms with van der Waals surface area (Å²) in [6, 6.07) is 0. The molecule has 0 spiro atoms. The van der Waals surface area contributed by atoms with E-state index in [9.17, 15) is 9.59 Å². The zero-order valence-electron chi connectivity index (χ0n) is 11.8. The molecule has 0 aromatic carbocycles. The average molecular weight is 355 g/mol. The molecular weight excluding hydrogens is 336 g/mol. The maximum absolute atomic E-state index is 12.1. The van der Waals surface area contributed by atoms with E-state index in [0.717, 1.165) is 12.8 Å². The lowest BCUT2D eigenvalue weighted by Crippen LogP contribution is -2.30. The third kappa shape index (κ3) is 3.84. The van der Waals surface area contributed by atoms with Gasteiger partial charge < -0.3 is 10.6 Å². The van der Waals surface area contributed by atoms with E-state index in [0.29, 0.717) is 35.7 Å². The van der Waals surface area contributed by atoms with E-state index in [2.05, 4.69) is 31.7 Å². The SMILES string of the molecule is O=C(NCCNc1cnn(CC2CC2)c(=O)c1Br)C1CC1. The Morgan fingerprint density at radius 2 is 2.10 bits per heavy atom. The van der Waals surface area contributed by atoms with Crippen molar-refractivity contribution in [2.24, 2.45) is 11.8 Å². The van der Waals surface area contributed by atoms with Crippen molar-refractivity contribution in [1.29, 1.82) is 0 Å². The van der Waals surface area contributed by atoms with Gasteiger partial charge in [-0.05, 0) is 47.5 Å².